The third-order valence-electron chi connectivity index (χ3n) is 2.56. The number of imidazole rings is 1. The van der Waals surface area contributed by atoms with Gasteiger partial charge in [-0.2, -0.15) is 0 Å². The summed E-state index contributed by atoms with van der Waals surface area (Å²) in [6, 6.07) is -0.172. The van der Waals surface area contributed by atoms with Gasteiger partial charge in [-0.3, -0.25) is 4.57 Å². The summed E-state index contributed by atoms with van der Waals surface area (Å²) in [5.41, 5.74) is 0. The first-order chi connectivity index (χ1) is 7.75. The van der Waals surface area contributed by atoms with Crippen molar-refractivity contribution < 1.29 is 9.53 Å². The number of hydrogen-bond acceptors (Lipinski definition) is 4. The average Bonchev–Trinajstić information content (AvgIpc) is 2.79. The lowest BCUT2D eigenvalue weighted by Gasteiger charge is -2.30. The quantitative estimate of drug-likeness (QED) is 0.754. The fraction of sp³-hybridized carbons (Fsp3) is 0.600. The van der Waals surface area contributed by atoms with E-state index in [1.807, 2.05) is 7.05 Å². The lowest BCUT2D eigenvalue weighted by atomic mass is 10.3. The van der Waals surface area contributed by atoms with Gasteiger partial charge in [0.05, 0.1) is 12.7 Å². The number of carbonyl (C=O) groups excluding carboxylic acids is 1. The van der Waals surface area contributed by atoms with Crippen LogP contribution in [-0.4, -0.2) is 59.9 Å². The van der Waals surface area contributed by atoms with Gasteiger partial charge in [-0.05, 0) is 7.05 Å². The minimum atomic E-state index is -0.172. The zero-order valence-corrected chi connectivity index (χ0v) is 9.30. The number of nitrogens with one attached hydrogen (secondary N) is 1. The molecule has 1 atom stereocenters. The van der Waals surface area contributed by atoms with E-state index < -0.39 is 0 Å². The van der Waals surface area contributed by atoms with E-state index in [1.165, 1.54) is 10.9 Å². The molecule has 6 heteroatoms. The zero-order valence-electron chi connectivity index (χ0n) is 9.30. The van der Waals surface area contributed by atoms with E-state index >= 15 is 0 Å². The van der Waals surface area contributed by atoms with Crippen LogP contribution in [0, 0.1) is 0 Å². The number of ether oxygens (including phenoxy) is 1. The Kier molecular flexibility index (Phi) is 3.53. The summed E-state index contributed by atoms with van der Waals surface area (Å²) in [6.45, 7) is 3.06. The van der Waals surface area contributed by atoms with E-state index in [4.69, 9.17) is 4.74 Å². The van der Waals surface area contributed by atoms with Gasteiger partial charge in [0.25, 0.3) is 0 Å². The molecule has 1 amide bonds. The molecule has 6 nitrogen and oxygen atoms in total. The van der Waals surface area contributed by atoms with Crippen LogP contribution in [0.25, 0.3) is 0 Å². The van der Waals surface area contributed by atoms with Crippen LogP contribution in [0.2, 0.25) is 0 Å². The first-order valence-electron chi connectivity index (χ1n) is 5.32. The maximum Gasteiger partial charge on any atom is 0.326 e. The number of aromatic nitrogens is 2. The normalized spacial score (nSPS) is 21.9. The molecule has 1 aromatic rings. The van der Waals surface area contributed by atoms with Gasteiger partial charge in [0.1, 0.15) is 6.33 Å². The van der Waals surface area contributed by atoms with Crippen molar-refractivity contribution in [1.29, 1.82) is 0 Å². The summed E-state index contributed by atoms with van der Waals surface area (Å²) in [7, 11) is 2.05. The van der Waals surface area contributed by atoms with Gasteiger partial charge in [0.2, 0.25) is 0 Å². The van der Waals surface area contributed by atoms with E-state index in [2.05, 4.69) is 15.2 Å². The Morgan fingerprint density at radius 1 is 1.69 bits per heavy atom. The van der Waals surface area contributed by atoms with Crippen LogP contribution >= 0.6 is 0 Å². The Hall–Kier alpha value is -1.40. The molecule has 0 bridgehead atoms. The third kappa shape index (κ3) is 2.80. The molecule has 1 saturated heterocycles. The maximum atomic E-state index is 11.6. The summed E-state index contributed by atoms with van der Waals surface area (Å²) in [4.78, 5) is 17.6. The number of carbonyl (C=O) groups is 1. The van der Waals surface area contributed by atoms with Crippen molar-refractivity contribution in [2.24, 2.45) is 0 Å². The first-order valence-corrected chi connectivity index (χ1v) is 5.32. The minimum absolute atomic E-state index is 0.0752. The number of morpholine rings is 1. The fourth-order valence-corrected chi connectivity index (χ4v) is 1.66. The Balaban J connectivity index is 1.77. The van der Waals surface area contributed by atoms with Crippen LogP contribution in [0.5, 0.6) is 0 Å². The Bertz CT molecular complexity index is 339. The molecule has 0 aromatic carbocycles. The predicted octanol–water partition coefficient (Wildman–Crippen LogP) is -0.229. The monoisotopic (exact) mass is 224 g/mol. The van der Waals surface area contributed by atoms with Crippen LogP contribution in [0.3, 0.4) is 0 Å². The van der Waals surface area contributed by atoms with Crippen molar-refractivity contribution >= 4 is 6.03 Å². The number of nitrogens with zero attached hydrogens (tertiary/aromatic N) is 3. The second-order valence-electron chi connectivity index (χ2n) is 3.91. The van der Waals surface area contributed by atoms with Crippen LogP contribution in [0.15, 0.2) is 18.7 Å². The van der Waals surface area contributed by atoms with Gasteiger partial charge < -0.3 is 15.0 Å². The van der Waals surface area contributed by atoms with Gasteiger partial charge in [0, 0.05) is 32.0 Å². The highest BCUT2D eigenvalue weighted by Crippen LogP contribution is 2.01. The molecule has 0 spiro atoms. The molecule has 1 aliphatic rings. The fourth-order valence-electron chi connectivity index (χ4n) is 1.66. The second kappa shape index (κ2) is 5.09. The molecule has 0 saturated carbocycles. The van der Waals surface area contributed by atoms with Crippen molar-refractivity contribution in [1.82, 2.24) is 19.8 Å². The van der Waals surface area contributed by atoms with E-state index in [1.54, 1.807) is 12.4 Å². The Morgan fingerprint density at radius 2 is 2.56 bits per heavy atom. The average molecular weight is 224 g/mol. The number of amides is 1. The summed E-state index contributed by atoms with van der Waals surface area (Å²) in [5.74, 6) is 0. The molecule has 2 heterocycles. The van der Waals surface area contributed by atoms with E-state index in [0.717, 1.165) is 19.7 Å². The molecule has 1 aliphatic heterocycles. The maximum absolute atomic E-state index is 11.6. The van der Waals surface area contributed by atoms with Crippen LogP contribution in [0.1, 0.15) is 0 Å². The van der Waals surface area contributed by atoms with Crippen molar-refractivity contribution in [3.63, 3.8) is 0 Å². The number of rotatable bonds is 2. The van der Waals surface area contributed by atoms with Crippen molar-refractivity contribution in [2.45, 2.75) is 6.10 Å². The highest BCUT2D eigenvalue weighted by Gasteiger charge is 2.18. The molecule has 0 aliphatic carbocycles. The van der Waals surface area contributed by atoms with Gasteiger partial charge in [0.15, 0.2) is 0 Å². The number of hydrogen-bond donors (Lipinski definition) is 1. The third-order valence-corrected chi connectivity index (χ3v) is 2.56. The predicted molar refractivity (Wildman–Crippen MR) is 58.3 cm³/mol. The molecular weight excluding hydrogens is 208 g/mol. The molecule has 1 N–H and O–H groups in total. The molecule has 1 fully saturated rings. The molecule has 1 unspecified atom stereocenters. The van der Waals surface area contributed by atoms with Gasteiger partial charge >= 0.3 is 6.03 Å². The van der Waals surface area contributed by atoms with Crippen molar-refractivity contribution in [3.05, 3.63) is 18.7 Å². The molecule has 2 rings (SSSR count). The standard InChI is InChI=1S/C10H16N4O2/c1-13-4-5-16-9(7-13)6-12-10(15)14-3-2-11-8-14/h2-3,8-9H,4-7H2,1H3,(H,12,15). The summed E-state index contributed by atoms with van der Waals surface area (Å²) < 4.78 is 6.94. The van der Waals surface area contributed by atoms with Gasteiger partial charge in [-0.1, -0.05) is 0 Å². The summed E-state index contributed by atoms with van der Waals surface area (Å²) >= 11 is 0. The Morgan fingerprint density at radius 3 is 3.25 bits per heavy atom. The second-order valence-corrected chi connectivity index (χ2v) is 3.91. The molecule has 1 aromatic heterocycles. The molecule has 88 valence electrons. The van der Waals surface area contributed by atoms with Crippen molar-refractivity contribution in [3.8, 4) is 0 Å². The molecule has 16 heavy (non-hydrogen) atoms. The van der Waals surface area contributed by atoms with Crippen LogP contribution < -0.4 is 5.32 Å². The van der Waals surface area contributed by atoms with Gasteiger partial charge in [-0.25, -0.2) is 9.78 Å². The van der Waals surface area contributed by atoms with Crippen molar-refractivity contribution in [2.75, 3.05) is 33.3 Å². The topological polar surface area (TPSA) is 59.4 Å². The summed E-state index contributed by atoms with van der Waals surface area (Å²) in [6.07, 6.45) is 4.74. The largest absolute Gasteiger partial charge is 0.374 e. The smallest absolute Gasteiger partial charge is 0.326 e. The van der Waals surface area contributed by atoms with E-state index in [-0.39, 0.29) is 12.1 Å². The van der Waals surface area contributed by atoms with Crippen LogP contribution in [0.4, 0.5) is 4.79 Å². The zero-order chi connectivity index (χ0) is 11.4. The van der Waals surface area contributed by atoms with Crippen LogP contribution in [-0.2, 0) is 4.74 Å². The SMILES string of the molecule is CN1CCOC(CNC(=O)n2ccnc2)C1. The van der Waals surface area contributed by atoms with Gasteiger partial charge in [-0.15, -0.1) is 0 Å². The Labute approximate surface area is 94.2 Å². The summed E-state index contributed by atoms with van der Waals surface area (Å²) in [5, 5.41) is 2.81. The highest BCUT2D eigenvalue weighted by atomic mass is 16.5. The minimum Gasteiger partial charge on any atom is -0.374 e. The molecular formula is C10H16N4O2. The highest BCUT2D eigenvalue weighted by molar-refractivity contribution is 5.76. The lowest BCUT2D eigenvalue weighted by Crippen LogP contribution is -2.46. The molecule has 0 radical (unpaired) electrons. The van der Waals surface area contributed by atoms with E-state index in [9.17, 15) is 4.79 Å². The first kappa shape index (κ1) is 11.1. The number of likely N-dealkylation sites (N-methyl/N-ethyl adjacent to an activating group) is 1. The van der Waals surface area contributed by atoms with E-state index in [0.29, 0.717) is 6.54 Å². The lowest BCUT2D eigenvalue weighted by molar-refractivity contribution is -0.0167.